The van der Waals surface area contributed by atoms with Crippen LogP contribution in [-0.2, 0) is 20.9 Å². The highest BCUT2D eigenvalue weighted by molar-refractivity contribution is 6.88. The summed E-state index contributed by atoms with van der Waals surface area (Å²) in [7, 11) is -0.640. The molecule has 3 rings (SSSR count). The van der Waals surface area contributed by atoms with Crippen LogP contribution in [0.15, 0.2) is 24.3 Å². The van der Waals surface area contributed by atoms with E-state index in [-0.39, 0.29) is 18.2 Å². The van der Waals surface area contributed by atoms with Gasteiger partial charge in [0.1, 0.15) is 12.4 Å². The van der Waals surface area contributed by atoms with E-state index in [9.17, 15) is 14.4 Å². The molecule has 1 saturated carbocycles. The Kier molecular flexibility index (Phi) is 8.94. The summed E-state index contributed by atoms with van der Waals surface area (Å²) in [6.45, 7) is 1.43. The predicted molar refractivity (Wildman–Crippen MR) is 119 cm³/mol. The molecule has 1 aromatic carbocycles. The van der Waals surface area contributed by atoms with Crippen LogP contribution in [0.25, 0.3) is 0 Å². The summed E-state index contributed by atoms with van der Waals surface area (Å²) in [6.07, 6.45) is 7.68. The molecule has 31 heavy (non-hydrogen) atoms. The van der Waals surface area contributed by atoms with Crippen molar-refractivity contribution < 1.29 is 23.9 Å². The molecule has 0 bridgehead atoms. The molecule has 1 aliphatic carbocycles. The number of fused-ring (bicyclic) bond motifs is 1. The highest BCUT2D eigenvalue weighted by Crippen LogP contribution is 2.27. The van der Waals surface area contributed by atoms with Gasteiger partial charge in [-0.15, -0.1) is 0 Å². The smallest absolute Gasteiger partial charge is 0.308 e. The SMILES string of the molecule is COC(=O)[Si](CCC(=O)N1CCOc2ccccc2C1)NC(=O)CCC1CCCCC1. The topological polar surface area (TPSA) is 84.9 Å². The zero-order valence-corrected chi connectivity index (χ0v) is 19.4. The quantitative estimate of drug-likeness (QED) is 0.618. The number of benzene rings is 1. The van der Waals surface area contributed by atoms with Gasteiger partial charge in [0.2, 0.25) is 11.8 Å². The Balaban J connectivity index is 1.49. The average molecular weight is 446 g/mol. The Bertz CT molecular complexity index is 766. The molecule has 2 aliphatic rings. The number of carbonyl (C=O) groups excluding carboxylic acids is 3. The van der Waals surface area contributed by atoms with Crippen LogP contribution in [0.3, 0.4) is 0 Å². The Labute approximate surface area is 186 Å². The Morgan fingerprint density at radius 1 is 1.16 bits per heavy atom. The first-order chi connectivity index (χ1) is 15.1. The number of rotatable bonds is 8. The molecular weight excluding hydrogens is 412 g/mol. The second-order valence-corrected chi connectivity index (χ2v) is 10.4. The molecule has 1 heterocycles. The minimum atomic E-state index is -1.97. The number of para-hydroxylation sites is 1. The van der Waals surface area contributed by atoms with Crippen molar-refractivity contribution in [3.63, 3.8) is 0 Å². The van der Waals surface area contributed by atoms with Crippen molar-refractivity contribution in [3.8, 4) is 5.75 Å². The lowest BCUT2D eigenvalue weighted by molar-refractivity contribution is -0.131. The first-order valence-electron chi connectivity index (χ1n) is 11.3. The Hall–Kier alpha value is -2.35. The van der Waals surface area contributed by atoms with Crippen LogP contribution in [0.4, 0.5) is 4.79 Å². The van der Waals surface area contributed by atoms with E-state index in [0.717, 1.165) is 17.7 Å². The molecule has 1 N–H and O–H groups in total. The third-order valence-electron chi connectivity index (χ3n) is 6.12. The van der Waals surface area contributed by atoms with Gasteiger partial charge in [0.25, 0.3) is 5.59 Å². The standard InChI is InChI=1S/C23H33N2O5Si/c1-29-23(28)31(24-21(26)12-11-18-7-3-2-4-8-18)16-13-22(27)25-14-15-30-20-10-6-5-9-19(20)17-25/h5-6,9-10,18H,2-4,7-8,11-17H2,1H3,(H,24,26). The third-order valence-corrected chi connectivity index (χ3v) is 8.15. The van der Waals surface area contributed by atoms with Crippen molar-refractivity contribution in [2.75, 3.05) is 20.3 Å². The van der Waals surface area contributed by atoms with Crippen LogP contribution >= 0.6 is 0 Å². The number of carbonyl (C=O) groups is 3. The first-order valence-corrected chi connectivity index (χ1v) is 13.0. The molecule has 1 aromatic rings. The van der Waals surface area contributed by atoms with E-state index < -0.39 is 14.6 Å². The third kappa shape index (κ3) is 7.09. The van der Waals surface area contributed by atoms with Gasteiger partial charge in [0.05, 0.1) is 13.7 Å². The van der Waals surface area contributed by atoms with Crippen LogP contribution < -0.4 is 9.72 Å². The van der Waals surface area contributed by atoms with E-state index in [0.29, 0.717) is 38.1 Å². The van der Waals surface area contributed by atoms with E-state index in [1.807, 2.05) is 24.3 Å². The molecule has 8 heteroatoms. The van der Waals surface area contributed by atoms with Crippen molar-refractivity contribution >= 4 is 26.4 Å². The van der Waals surface area contributed by atoms with Crippen molar-refractivity contribution in [2.45, 2.75) is 64.0 Å². The van der Waals surface area contributed by atoms with Gasteiger partial charge in [-0.1, -0.05) is 50.3 Å². The molecule has 0 saturated heterocycles. The molecule has 169 valence electrons. The van der Waals surface area contributed by atoms with Gasteiger partial charge in [-0.2, -0.15) is 0 Å². The van der Waals surface area contributed by atoms with E-state index >= 15 is 0 Å². The molecule has 1 radical (unpaired) electrons. The molecule has 0 unspecified atom stereocenters. The lowest BCUT2D eigenvalue weighted by Gasteiger charge is -2.22. The summed E-state index contributed by atoms with van der Waals surface area (Å²) < 4.78 is 10.6. The highest BCUT2D eigenvalue weighted by Gasteiger charge is 2.28. The van der Waals surface area contributed by atoms with E-state index in [1.54, 1.807) is 4.90 Å². The molecule has 1 aliphatic heterocycles. The normalized spacial score (nSPS) is 16.8. The van der Waals surface area contributed by atoms with Crippen LogP contribution in [0, 0.1) is 5.92 Å². The molecular formula is C23H33N2O5Si. The fourth-order valence-corrected chi connectivity index (χ4v) is 5.91. The fourth-order valence-electron chi connectivity index (χ4n) is 4.31. The first kappa shape index (κ1) is 23.3. The van der Waals surface area contributed by atoms with Crippen molar-refractivity contribution in [2.24, 2.45) is 5.92 Å². The van der Waals surface area contributed by atoms with Gasteiger partial charge in [0.15, 0.2) is 0 Å². The van der Waals surface area contributed by atoms with Crippen LogP contribution in [-0.4, -0.2) is 51.5 Å². The average Bonchev–Trinajstić information content (AvgIpc) is 3.03. The van der Waals surface area contributed by atoms with Crippen LogP contribution in [0.2, 0.25) is 6.04 Å². The lowest BCUT2D eigenvalue weighted by atomic mass is 9.86. The molecule has 0 atom stereocenters. The van der Waals surface area contributed by atoms with Crippen molar-refractivity contribution in [3.05, 3.63) is 29.8 Å². The summed E-state index contributed by atoms with van der Waals surface area (Å²) in [5, 5.41) is 0. The van der Waals surface area contributed by atoms with E-state index in [4.69, 9.17) is 9.47 Å². The van der Waals surface area contributed by atoms with Crippen LogP contribution in [0.5, 0.6) is 5.75 Å². The van der Waals surface area contributed by atoms with Crippen LogP contribution in [0.1, 0.15) is 56.9 Å². The Morgan fingerprint density at radius 2 is 1.94 bits per heavy atom. The zero-order valence-electron chi connectivity index (χ0n) is 18.4. The number of hydrogen-bond donors (Lipinski definition) is 1. The second-order valence-electron chi connectivity index (χ2n) is 8.33. The maximum absolute atomic E-state index is 12.8. The minimum absolute atomic E-state index is 0.0387. The molecule has 1 fully saturated rings. The highest BCUT2D eigenvalue weighted by atomic mass is 28.3. The molecule has 7 nitrogen and oxygen atoms in total. The van der Waals surface area contributed by atoms with Crippen molar-refractivity contribution in [1.29, 1.82) is 0 Å². The van der Waals surface area contributed by atoms with E-state index in [1.165, 1.54) is 39.2 Å². The van der Waals surface area contributed by atoms with Gasteiger partial charge in [-0.3, -0.25) is 14.4 Å². The second kappa shape index (κ2) is 11.9. The summed E-state index contributed by atoms with van der Waals surface area (Å²) in [6, 6.07) is 8.03. The maximum atomic E-state index is 12.8. The molecule has 0 spiro atoms. The predicted octanol–water partition coefficient (Wildman–Crippen LogP) is 3.61. The largest absolute Gasteiger partial charge is 0.491 e. The summed E-state index contributed by atoms with van der Waals surface area (Å²) in [4.78, 5) is 42.1. The number of amides is 2. The van der Waals surface area contributed by atoms with Gasteiger partial charge < -0.3 is 19.4 Å². The summed E-state index contributed by atoms with van der Waals surface area (Å²) in [5.74, 6) is 1.28. The van der Waals surface area contributed by atoms with Gasteiger partial charge in [-0.05, 0) is 24.4 Å². The fraction of sp³-hybridized carbons (Fsp3) is 0.609. The maximum Gasteiger partial charge on any atom is 0.308 e. The van der Waals surface area contributed by atoms with Gasteiger partial charge in [0, 0.05) is 24.9 Å². The monoisotopic (exact) mass is 445 g/mol. The van der Waals surface area contributed by atoms with E-state index in [2.05, 4.69) is 4.98 Å². The number of methoxy groups -OCH3 is 1. The number of nitrogens with zero attached hydrogens (tertiary/aromatic N) is 1. The molecule has 2 amide bonds. The Morgan fingerprint density at radius 3 is 2.71 bits per heavy atom. The van der Waals surface area contributed by atoms with Crippen molar-refractivity contribution in [1.82, 2.24) is 9.88 Å². The zero-order chi connectivity index (χ0) is 22.1. The number of nitrogens with one attached hydrogen (secondary N) is 1. The minimum Gasteiger partial charge on any atom is -0.491 e. The number of ether oxygens (including phenoxy) is 2. The lowest BCUT2D eigenvalue weighted by Crippen LogP contribution is -2.46. The van der Waals surface area contributed by atoms with Gasteiger partial charge in [-0.25, -0.2) is 0 Å². The van der Waals surface area contributed by atoms with Gasteiger partial charge >= 0.3 is 8.96 Å². The molecule has 0 aromatic heterocycles. The summed E-state index contributed by atoms with van der Waals surface area (Å²) >= 11 is 0. The number of hydrogen-bond acceptors (Lipinski definition) is 5. The summed E-state index contributed by atoms with van der Waals surface area (Å²) in [5.41, 5.74) is 0.566.